The van der Waals surface area contributed by atoms with E-state index >= 15 is 0 Å². The maximum absolute atomic E-state index is 14.3. The minimum atomic E-state index is -0.894. The van der Waals surface area contributed by atoms with Gasteiger partial charge in [-0.3, -0.25) is 0 Å². The molecule has 6 aromatic rings. The van der Waals surface area contributed by atoms with Gasteiger partial charge >= 0.3 is 0 Å². The number of fused-ring (bicyclic) bond motifs is 6. The minimum absolute atomic E-state index is 0.0358. The molecule has 0 saturated heterocycles. The molecule has 0 fully saturated rings. The van der Waals surface area contributed by atoms with Crippen LogP contribution in [0.5, 0.6) is 17.2 Å². The predicted octanol–water partition coefficient (Wildman–Crippen LogP) is 9.01. The van der Waals surface area contributed by atoms with Crippen LogP contribution < -0.4 is 9.47 Å². The summed E-state index contributed by atoms with van der Waals surface area (Å²) in [6.45, 7) is 4.66. The molecule has 0 aliphatic rings. The zero-order chi connectivity index (χ0) is 27.7. The molecule has 0 aliphatic heterocycles. The van der Waals surface area contributed by atoms with Gasteiger partial charge in [-0.1, -0.05) is 26.0 Å². The molecule has 0 unspecified atom stereocenters. The van der Waals surface area contributed by atoms with Crippen LogP contribution in [0.3, 0.4) is 0 Å². The van der Waals surface area contributed by atoms with E-state index in [1.165, 1.54) is 24.3 Å². The lowest BCUT2D eigenvalue weighted by atomic mass is 10.1. The second-order valence-corrected chi connectivity index (χ2v) is 8.80. The van der Waals surface area contributed by atoms with E-state index in [2.05, 4.69) is 0 Å². The van der Waals surface area contributed by atoms with E-state index in [1.54, 1.807) is 30.3 Å². The standard InChI is InChI=1S/C15H12F2O3.C15H12F2O2/c1-2-7-19-11-6-4-9-8-3-5-10(18)12(16)14(8)20-15(9)13(11)17;1-2-8-18-12-7-6-10-9-4-3-5-11(16)14(9)19-15(10)13(12)17/h3-6,18H,2,7H2,1H3;3-7H,2,8H2,1H3. The summed E-state index contributed by atoms with van der Waals surface area (Å²) in [4.78, 5) is 0. The highest BCUT2D eigenvalue weighted by atomic mass is 19.1. The Hall–Kier alpha value is -4.40. The fraction of sp³-hybridized carbons (Fsp3) is 0.200. The van der Waals surface area contributed by atoms with Gasteiger partial charge in [0.25, 0.3) is 0 Å². The first-order chi connectivity index (χ1) is 18.8. The lowest BCUT2D eigenvalue weighted by Crippen LogP contribution is -1.97. The normalized spacial score (nSPS) is 11.3. The number of halogens is 4. The Bertz CT molecular complexity index is 1800. The van der Waals surface area contributed by atoms with Crippen LogP contribution in [0, 0.1) is 23.3 Å². The maximum Gasteiger partial charge on any atom is 0.208 e. The average molecular weight is 541 g/mol. The maximum atomic E-state index is 14.3. The van der Waals surface area contributed by atoms with E-state index in [0.717, 1.165) is 12.8 Å². The Morgan fingerprint density at radius 2 is 1.05 bits per heavy atom. The van der Waals surface area contributed by atoms with Crippen molar-refractivity contribution < 1.29 is 41.0 Å². The summed E-state index contributed by atoms with van der Waals surface area (Å²) in [6.07, 6.45) is 1.53. The van der Waals surface area contributed by atoms with Crippen molar-refractivity contribution in [3.63, 3.8) is 0 Å². The van der Waals surface area contributed by atoms with Gasteiger partial charge in [0.05, 0.1) is 13.2 Å². The molecule has 0 radical (unpaired) electrons. The quantitative estimate of drug-likeness (QED) is 0.214. The third kappa shape index (κ3) is 4.69. The first-order valence-corrected chi connectivity index (χ1v) is 12.4. The fourth-order valence-corrected chi connectivity index (χ4v) is 4.23. The monoisotopic (exact) mass is 540 g/mol. The van der Waals surface area contributed by atoms with Gasteiger partial charge in [-0.25, -0.2) is 4.39 Å². The second-order valence-electron chi connectivity index (χ2n) is 8.80. The summed E-state index contributed by atoms with van der Waals surface area (Å²) in [6, 6.07) is 13.6. The van der Waals surface area contributed by atoms with Crippen LogP contribution in [0.1, 0.15) is 26.7 Å². The highest BCUT2D eigenvalue weighted by Gasteiger charge is 2.19. The highest BCUT2D eigenvalue weighted by Crippen LogP contribution is 2.38. The first kappa shape index (κ1) is 26.2. The first-order valence-electron chi connectivity index (χ1n) is 12.4. The van der Waals surface area contributed by atoms with Gasteiger partial charge in [-0.15, -0.1) is 0 Å². The number of phenols is 1. The van der Waals surface area contributed by atoms with Crippen molar-refractivity contribution in [2.24, 2.45) is 0 Å². The van der Waals surface area contributed by atoms with Crippen molar-refractivity contribution in [3.05, 3.63) is 77.9 Å². The zero-order valence-corrected chi connectivity index (χ0v) is 21.1. The summed E-state index contributed by atoms with van der Waals surface area (Å²) in [5.74, 6) is -2.96. The number of benzene rings is 4. The third-order valence-electron chi connectivity index (χ3n) is 6.08. The molecule has 2 heterocycles. The van der Waals surface area contributed by atoms with Crippen LogP contribution >= 0.6 is 0 Å². The average Bonchev–Trinajstić information content (AvgIpc) is 3.51. The van der Waals surface area contributed by atoms with Crippen molar-refractivity contribution in [2.75, 3.05) is 13.2 Å². The number of hydrogen-bond acceptors (Lipinski definition) is 5. The molecule has 2 aromatic heterocycles. The second kappa shape index (κ2) is 10.8. The summed E-state index contributed by atoms with van der Waals surface area (Å²) in [5, 5.41) is 11.3. The van der Waals surface area contributed by atoms with Gasteiger partial charge in [0, 0.05) is 21.5 Å². The molecule has 202 valence electrons. The summed E-state index contributed by atoms with van der Waals surface area (Å²) >= 11 is 0. The van der Waals surface area contributed by atoms with E-state index in [-0.39, 0.29) is 33.8 Å². The van der Waals surface area contributed by atoms with E-state index in [4.69, 9.17) is 18.3 Å². The number of aromatic hydroxyl groups is 1. The predicted molar refractivity (Wildman–Crippen MR) is 141 cm³/mol. The molecule has 0 spiro atoms. The largest absolute Gasteiger partial charge is 0.505 e. The molecule has 0 saturated carbocycles. The van der Waals surface area contributed by atoms with Gasteiger partial charge in [-0.2, -0.15) is 13.2 Å². The van der Waals surface area contributed by atoms with Crippen molar-refractivity contribution in [2.45, 2.75) is 26.7 Å². The molecule has 0 aliphatic carbocycles. The number of furan rings is 2. The zero-order valence-electron chi connectivity index (χ0n) is 21.1. The summed E-state index contributed by atoms with van der Waals surface area (Å²) in [5.41, 5.74) is -0.123. The summed E-state index contributed by atoms with van der Waals surface area (Å²) < 4.78 is 77.0. The van der Waals surface area contributed by atoms with Crippen LogP contribution in [0.2, 0.25) is 0 Å². The molecule has 5 nitrogen and oxygen atoms in total. The van der Waals surface area contributed by atoms with E-state index in [0.29, 0.717) is 34.8 Å². The van der Waals surface area contributed by atoms with Gasteiger partial charge in [0.15, 0.2) is 45.4 Å². The SMILES string of the molecule is CCCOc1ccc2c(oc3c(F)c(O)ccc32)c1F.CCCOc1ccc2c(oc3c(F)cccc32)c1F. The Balaban J connectivity index is 0.000000158. The van der Waals surface area contributed by atoms with Crippen LogP contribution in [-0.4, -0.2) is 18.3 Å². The molecule has 9 heteroatoms. The third-order valence-corrected chi connectivity index (χ3v) is 6.08. The van der Waals surface area contributed by atoms with Gasteiger partial charge in [-0.05, 0) is 55.3 Å². The molecular formula is C30H24F4O5. The van der Waals surface area contributed by atoms with Crippen LogP contribution in [-0.2, 0) is 0 Å². The molecule has 39 heavy (non-hydrogen) atoms. The Kier molecular flexibility index (Phi) is 7.24. The molecule has 0 bridgehead atoms. The Labute approximate surface area is 220 Å². The highest BCUT2D eigenvalue weighted by molar-refractivity contribution is 6.06. The molecular weight excluding hydrogens is 516 g/mol. The fourth-order valence-electron chi connectivity index (χ4n) is 4.23. The van der Waals surface area contributed by atoms with Crippen molar-refractivity contribution in [1.82, 2.24) is 0 Å². The van der Waals surface area contributed by atoms with Crippen molar-refractivity contribution >= 4 is 43.9 Å². The van der Waals surface area contributed by atoms with Crippen LogP contribution in [0.15, 0.2) is 63.4 Å². The van der Waals surface area contributed by atoms with Crippen LogP contribution in [0.25, 0.3) is 43.9 Å². The van der Waals surface area contributed by atoms with Gasteiger partial charge in [0.1, 0.15) is 0 Å². The van der Waals surface area contributed by atoms with Crippen LogP contribution in [0.4, 0.5) is 17.6 Å². The van der Waals surface area contributed by atoms with Crippen molar-refractivity contribution in [3.8, 4) is 17.2 Å². The molecule has 4 aromatic carbocycles. The smallest absolute Gasteiger partial charge is 0.208 e. The number of hydrogen-bond donors (Lipinski definition) is 1. The lowest BCUT2D eigenvalue weighted by Gasteiger charge is -2.05. The number of ether oxygens (including phenoxy) is 2. The van der Waals surface area contributed by atoms with E-state index < -0.39 is 29.0 Å². The molecule has 0 amide bonds. The van der Waals surface area contributed by atoms with Crippen molar-refractivity contribution in [1.29, 1.82) is 0 Å². The minimum Gasteiger partial charge on any atom is -0.505 e. The molecule has 1 N–H and O–H groups in total. The van der Waals surface area contributed by atoms with Gasteiger partial charge in [0.2, 0.25) is 17.5 Å². The molecule has 6 rings (SSSR count). The number of phenolic OH excluding ortho intramolecular Hbond substituents is 1. The Morgan fingerprint density at radius 1 is 0.590 bits per heavy atom. The lowest BCUT2D eigenvalue weighted by molar-refractivity contribution is 0.301. The van der Waals surface area contributed by atoms with E-state index in [9.17, 15) is 22.7 Å². The topological polar surface area (TPSA) is 65.0 Å². The summed E-state index contributed by atoms with van der Waals surface area (Å²) in [7, 11) is 0. The van der Waals surface area contributed by atoms with E-state index in [1.807, 2.05) is 13.8 Å². The Morgan fingerprint density at radius 3 is 1.59 bits per heavy atom. The van der Waals surface area contributed by atoms with Gasteiger partial charge < -0.3 is 23.4 Å². The number of para-hydroxylation sites is 1. The number of rotatable bonds is 6. The molecule has 0 atom stereocenters.